The molecule has 0 aliphatic carbocycles. The predicted molar refractivity (Wildman–Crippen MR) is 138 cm³/mol. The van der Waals surface area contributed by atoms with Crippen molar-refractivity contribution in [2.24, 2.45) is 0 Å². The van der Waals surface area contributed by atoms with Gasteiger partial charge in [0.15, 0.2) is 0 Å². The number of para-hydroxylation sites is 1. The van der Waals surface area contributed by atoms with Gasteiger partial charge in [-0.2, -0.15) is 4.39 Å². The molecule has 0 unspecified atom stereocenters. The van der Waals surface area contributed by atoms with Crippen molar-refractivity contribution in [2.45, 2.75) is 38.8 Å². The fraction of sp³-hybridized carbons (Fsp3) is 0.250. The van der Waals surface area contributed by atoms with Gasteiger partial charge in [0.2, 0.25) is 5.95 Å². The van der Waals surface area contributed by atoms with Crippen LogP contribution in [0.25, 0.3) is 23.1 Å². The molecule has 0 saturated heterocycles. The number of carbonyl (C=O) groups excluding carboxylic acids is 1. The second kappa shape index (κ2) is 11.0. The molecule has 0 radical (unpaired) electrons. The van der Waals surface area contributed by atoms with Gasteiger partial charge in [-0.05, 0) is 62.1 Å². The highest BCUT2D eigenvalue weighted by Crippen LogP contribution is 2.20. The number of benzene rings is 1. The van der Waals surface area contributed by atoms with Gasteiger partial charge < -0.3 is 19.8 Å². The van der Waals surface area contributed by atoms with Gasteiger partial charge in [-0.15, -0.1) is 0 Å². The standard InChI is InChI=1S/C28H29FN4O3/c1-28(2,3)36-27(34)33-22(14-21-16-32-25-7-5-4-6-24(21)25)18-35-23-12-20(15-30-17-23)9-8-19-10-11-31-26(29)13-19/h4-13,15-17,22,32H,14,18H2,1-3H3,(H,33,34)/b9-8+/t22-/m0/s1. The number of amides is 1. The number of nitrogens with one attached hydrogen (secondary N) is 2. The molecule has 0 bridgehead atoms. The average molecular weight is 489 g/mol. The Hall–Kier alpha value is -4.20. The molecule has 2 N–H and O–H groups in total. The molecule has 0 saturated carbocycles. The number of H-pyrrole nitrogens is 1. The fourth-order valence-corrected chi connectivity index (χ4v) is 3.71. The molecule has 3 aromatic heterocycles. The molecule has 8 heteroatoms. The van der Waals surface area contributed by atoms with Crippen LogP contribution in [0.15, 0.2) is 67.3 Å². The summed E-state index contributed by atoms with van der Waals surface area (Å²) in [5.41, 5.74) is 2.96. The molecule has 1 aromatic carbocycles. The van der Waals surface area contributed by atoms with Gasteiger partial charge in [0.1, 0.15) is 18.0 Å². The molecule has 7 nitrogen and oxygen atoms in total. The van der Waals surface area contributed by atoms with Crippen molar-refractivity contribution in [1.29, 1.82) is 0 Å². The highest BCUT2D eigenvalue weighted by atomic mass is 19.1. The minimum atomic E-state index is -0.613. The maximum Gasteiger partial charge on any atom is 0.408 e. The van der Waals surface area contributed by atoms with Crippen LogP contribution in [-0.4, -0.2) is 39.3 Å². The Morgan fingerprint density at radius 2 is 1.94 bits per heavy atom. The number of aromatic nitrogens is 3. The third kappa shape index (κ3) is 7.15. The second-order valence-electron chi connectivity index (χ2n) is 9.42. The fourth-order valence-electron chi connectivity index (χ4n) is 3.71. The van der Waals surface area contributed by atoms with E-state index in [1.807, 2.05) is 63.4 Å². The van der Waals surface area contributed by atoms with E-state index in [-0.39, 0.29) is 12.6 Å². The number of hydrogen-bond donors (Lipinski definition) is 2. The Bertz CT molecular complexity index is 1360. The van der Waals surface area contributed by atoms with Gasteiger partial charge in [0.25, 0.3) is 0 Å². The van der Waals surface area contributed by atoms with Crippen molar-refractivity contribution in [2.75, 3.05) is 6.61 Å². The van der Waals surface area contributed by atoms with E-state index in [1.165, 1.54) is 12.3 Å². The van der Waals surface area contributed by atoms with Gasteiger partial charge in [-0.25, -0.2) is 9.78 Å². The largest absolute Gasteiger partial charge is 0.490 e. The molecule has 1 amide bonds. The molecule has 0 aliphatic heterocycles. The summed E-state index contributed by atoms with van der Waals surface area (Å²) in [4.78, 5) is 23.6. The molecule has 4 rings (SSSR count). The Labute approximate surface area is 209 Å². The molecule has 36 heavy (non-hydrogen) atoms. The van der Waals surface area contributed by atoms with Crippen LogP contribution < -0.4 is 10.1 Å². The summed E-state index contributed by atoms with van der Waals surface area (Å²) in [7, 11) is 0. The number of pyridine rings is 2. The summed E-state index contributed by atoms with van der Waals surface area (Å²) in [6.45, 7) is 5.68. The van der Waals surface area contributed by atoms with Gasteiger partial charge in [-0.1, -0.05) is 30.4 Å². The van der Waals surface area contributed by atoms with Crippen LogP contribution in [0, 0.1) is 5.95 Å². The van der Waals surface area contributed by atoms with E-state index < -0.39 is 17.6 Å². The summed E-state index contributed by atoms with van der Waals surface area (Å²) in [6.07, 6.45) is 10.3. The van der Waals surface area contributed by atoms with E-state index in [4.69, 9.17) is 9.47 Å². The minimum Gasteiger partial charge on any atom is -0.490 e. The summed E-state index contributed by atoms with van der Waals surface area (Å²) in [5, 5.41) is 4.03. The molecule has 0 fully saturated rings. The number of carbonyl (C=O) groups is 1. The number of rotatable bonds is 8. The minimum absolute atomic E-state index is 0.211. The lowest BCUT2D eigenvalue weighted by atomic mass is 10.1. The van der Waals surface area contributed by atoms with Gasteiger partial charge in [-0.3, -0.25) is 4.98 Å². The molecule has 1 atom stereocenters. The zero-order valence-electron chi connectivity index (χ0n) is 20.5. The van der Waals surface area contributed by atoms with Crippen molar-refractivity contribution >= 4 is 29.1 Å². The second-order valence-corrected chi connectivity index (χ2v) is 9.42. The monoisotopic (exact) mass is 488 g/mol. The van der Waals surface area contributed by atoms with Crippen LogP contribution in [0.2, 0.25) is 0 Å². The van der Waals surface area contributed by atoms with Crippen molar-refractivity contribution in [3.8, 4) is 5.75 Å². The Morgan fingerprint density at radius 1 is 1.14 bits per heavy atom. The predicted octanol–water partition coefficient (Wildman–Crippen LogP) is 5.78. The number of alkyl carbamates (subject to hydrolysis) is 1. The lowest BCUT2D eigenvalue weighted by Gasteiger charge is -2.24. The first-order chi connectivity index (χ1) is 17.2. The zero-order chi connectivity index (χ0) is 25.5. The summed E-state index contributed by atoms with van der Waals surface area (Å²) >= 11 is 0. The Balaban J connectivity index is 1.46. The summed E-state index contributed by atoms with van der Waals surface area (Å²) < 4.78 is 24.8. The highest BCUT2D eigenvalue weighted by Gasteiger charge is 2.21. The number of halogens is 1. The molecule has 4 aromatic rings. The van der Waals surface area contributed by atoms with E-state index in [1.54, 1.807) is 24.5 Å². The van der Waals surface area contributed by atoms with Gasteiger partial charge >= 0.3 is 6.09 Å². The lowest BCUT2D eigenvalue weighted by Crippen LogP contribution is -2.43. The van der Waals surface area contributed by atoms with Crippen molar-refractivity contribution < 1.29 is 18.7 Å². The van der Waals surface area contributed by atoms with Crippen molar-refractivity contribution in [1.82, 2.24) is 20.3 Å². The lowest BCUT2D eigenvalue weighted by molar-refractivity contribution is 0.0488. The van der Waals surface area contributed by atoms with Crippen LogP contribution in [-0.2, 0) is 11.2 Å². The van der Waals surface area contributed by atoms with E-state index in [9.17, 15) is 9.18 Å². The first-order valence-corrected chi connectivity index (χ1v) is 11.7. The Morgan fingerprint density at radius 3 is 2.75 bits per heavy atom. The average Bonchev–Trinajstić information content (AvgIpc) is 3.23. The van der Waals surface area contributed by atoms with Crippen molar-refractivity contribution in [3.63, 3.8) is 0 Å². The van der Waals surface area contributed by atoms with E-state index in [0.29, 0.717) is 17.7 Å². The number of nitrogens with zero attached hydrogens (tertiary/aromatic N) is 2. The first kappa shape index (κ1) is 24.9. The van der Waals surface area contributed by atoms with Crippen LogP contribution in [0.4, 0.5) is 9.18 Å². The van der Waals surface area contributed by atoms with Crippen LogP contribution in [0.3, 0.4) is 0 Å². The van der Waals surface area contributed by atoms with E-state index in [0.717, 1.165) is 22.0 Å². The quantitative estimate of drug-likeness (QED) is 0.307. The van der Waals surface area contributed by atoms with Gasteiger partial charge in [0.05, 0.1) is 12.2 Å². The van der Waals surface area contributed by atoms with Crippen LogP contribution >= 0.6 is 0 Å². The smallest absolute Gasteiger partial charge is 0.408 e. The van der Waals surface area contributed by atoms with Gasteiger partial charge in [0, 0.05) is 35.6 Å². The highest BCUT2D eigenvalue weighted by molar-refractivity contribution is 5.83. The number of hydrogen-bond acceptors (Lipinski definition) is 5. The summed E-state index contributed by atoms with van der Waals surface area (Å²) in [5.74, 6) is 0.0130. The van der Waals surface area contributed by atoms with E-state index >= 15 is 0 Å². The third-order valence-corrected chi connectivity index (χ3v) is 5.27. The molecular formula is C28H29FN4O3. The van der Waals surface area contributed by atoms with E-state index in [2.05, 4.69) is 20.3 Å². The SMILES string of the molecule is CC(C)(C)OC(=O)N[C@H](COc1cncc(/C=C/c2ccnc(F)c2)c1)Cc1c[nH]c2ccccc12. The maximum absolute atomic E-state index is 13.3. The molecular weight excluding hydrogens is 459 g/mol. The molecule has 186 valence electrons. The zero-order valence-corrected chi connectivity index (χ0v) is 20.5. The van der Waals surface area contributed by atoms with Crippen molar-refractivity contribution in [3.05, 3.63) is 89.9 Å². The number of fused-ring (bicyclic) bond motifs is 1. The normalized spacial score (nSPS) is 12.6. The summed E-state index contributed by atoms with van der Waals surface area (Å²) in [6, 6.07) is 12.6. The number of ether oxygens (including phenoxy) is 2. The first-order valence-electron chi connectivity index (χ1n) is 11.7. The molecule has 0 spiro atoms. The Kier molecular flexibility index (Phi) is 7.63. The molecule has 3 heterocycles. The third-order valence-electron chi connectivity index (χ3n) is 5.27. The topological polar surface area (TPSA) is 89.1 Å². The number of aromatic amines is 1. The van der Waals surface area contributed by atoms with Crippen LogP contribution in [0.5, 0.6) is 5.75 Å². The maximum atomic E-state index is 13.3. The van der Waals surface area contributed by atoms with Crippen LogP contribution in [0.1, 0.15) is 37.5 Å². The molecule has 0 aliphatic rings.